The number of carbonyl (C=O) groups is 2. The fourth-order valence-electron chi connectivity index (χ4n) is 5.28. The van der Waals surface area contributed by atoms with Gasteiger partial charge in [0, 0.05) is 45.2 Å². The second-order valence-corrected chi connectivity index (χ2v) is 11.7. The van der Waals surface area contributed by atoms with Crippen molar-refractivity contribution < 1.29 is 18.0 Å². The number of anilines is 1. The Labute approximate surface area is 207 Å². The van der Waals surface area contributed by atoms with Crippen LogP contribution in [0.4, 0.5) is 5.82 Å². The zero-order valence-corrected chi connectivity index (χ0v) is 21.7. The molecule has 0 bridgehead atoms. The SMILES string of the molecule is CCCC1CNC(=O)[C@H]1c1ccc(C(=O)N2CCN(c3ncc(C)cc3C)CC2)c(S(C)(=O)=O)c1. The lowest BCUT2D eigenvalue weighted by molar-refractivity contribution is -0.120. The Morgan fingerprint density at radius 2 is 1.86 bits per heavy atom. The molecule has 2 saturated heterocycles. The highest BCUT2D eigenvalue weighted by Crippen LogP contribution is 2.34. The van der Waals surface area contributed by atoms with Crippen molar-refractivity contribution in [1.29, 1.82) is 0 Å². The van der Waals surface area contributed by atoms with Crippen molar-refractivity contribution in [2.45, 2.75) is 44.4 Å². The first-order chi connectivity index (χ1) is 16.6. The van der Waals surface area contributed by atoms with Gasteiger partial charge < -0.3 is 15.1 Å². The summed E-state index contributed by atoms with van der Waals surface area (Å²) in [6, 6.07) is 6.96. The molecule has 188 valence electrons. The number of nitrogens with zero attached hydrogens (tertiary/aromatic N) is 3. The fraction of sp³-hybridized carbons (Fsp3) is 0.500. The number of carbonyl (C=O) groups excluding carboxylic acids is 2. The fourth-order valence-corrected chi connectivity index (χ4v) is 6.19. The van der Waals surface area contributed by atoms with Crippen LogP contribution in [0.3, 0.4) is 0 Å². The topological polar surface area (TPSA) is 99.7 Å². The van der Waals surface area contributed by atoms with Crippen molar-refractivity contribution in [3.63, 3.8) is 0 Å². The van der Waals surface area contributed by atoms with E-state index in [1.807, 2.05) is 20.0 Å². The summed E-state index contributed by atoms with van der Waals surface area (Å²) < 4.78 is 25.4. The normalized spacial score (nSPS) is 20.7. The minimum Gasteiger partial charge on any atom is -0.355 e. The summed E-state index contributed by atoms with van der Waals surface area (Å²) in [5, 5.41) is 2.90. The lowest BCUT2D eigenvalue weighted by atomic mass is 9.85. The van der Waals surface area contributed by atoms with Gasteiger partial charge in [-0.15, -0.1) is 0 Å². The van der Waals surface area contributed by atoms with E-state index in [4.69, 9.17) is 0 Å². The van der Waals surface area contributed by atoms with Crippen molar-refractivity contribution in [2.24, 2.45) is 5.92 Å². The van der Waals surface area contributed by atoms with Gasteiger partial charge in [-0.1, -0.05) is 25.5 Å². The van der Waals surface area contributed by atoms with E-state index >= 15 is 0 Å². The summed E-state index contributed by atoms with van der Waals surface area (Å²) in [7, 11) is -3.68. The number of sulfone groups is 1. The van der Waals surface area contributed by atoms with Crippen LogP contribution in [0.15, 0.2) is 35.4 Å². The van der Waals surface area contributed by atoms with Crippen LogP contribution in [0.25, 0.3) is 0 Å². The Kier molecular flexibility index (Phi) is 7.17. The molecule has 0 aliphatic carbocycles. The number of benzene rings is 1. The number of pyridine rings is 1. The molecule has 4 rings (SSSR count). The van der Waals surface area contributed by atoms with E-state index in [1.54, 1.807) is 17.0 Å². The second kappa shape index (κ2) is 9.97. The average Bonchev–Trinajstić information content (AvgIpc) is 3.18. The number of piperazine rings is 1. The molecule has 2 aliphatic heterocycles. The van der Waals surface area contributed by atoms with E-state index in [0.717, 1.165) is 36.0 Å². The molecule has 1 aromatic carbocycles. The van der Waals surface area contributed by atoms with Gasteiger partial charge in [0.2, 0.25) is 5.91 Å². The minimum atomic E-state index is -3.68. The van der Waals surface area contributed by atoms with Crippen LogP contribution >= 0.6 is 0 Å². The molecule has 3 heterocycles. The maximum Gasteiger partial charge on any atom is 0.255 e. The molecule has 35 heavy (non-hydrogen) atoms. The molecule has 2 amide bonds. The molecule has 2 fully saturated rings. The Morgan fingerprint density at radius 3 is 2.49 bits per heavy atom. The van der Waals surface area contributed by atoms with Gasteiger partial charge in [-0.3, -0.25) is 9.59 Å². The van der Waals surface area contributed by atoms with Gasteiger partial charge in [0.25, 0.3) is 5.91 Å². The highest BCUT2D eigenvalue weighted by atomic mass is 32.2. The molecule has 1 unspecified atom stereocenters. The van der Waals surface area contributed by atoms with Crippen molar-refractivity contribution >= 4 is 27.5 Å². The lowest BCUT2D eigenvalue weighted by Crippen LogP contribution is -2.49. The molecule has 0 radical (unpaired) electrons. The number of nitrogens with one attached hydrogen (secondary N) is 1. The van der Waals surface area contributed by atoms with Crippen LogP contribution < -0.4 is 10.2 Å². The van der Waals surface area contributed by atoms with Crippen molar-refractivity contribution in [3.05, 3.63) is 52.7 Å². The molecule has 0 spiro atoms. The van der Waals surface area contributed by atoms with Gasteiger partial charge in [0.1, 0.15) is 5.82 Å². The Balaban J connectivity index is 1.56. The maximum atomic E-state index is 13.4. The molecular formula is C26H34N4O4S. The largest absolute Gasteiger partial charge is 0.355 e. The third-order valence-electron chi connectivity index (χ3n) is 7.00. The van der Waals surface area contributed by atoms with E-state index in [2.05, 4.69) is 28.2 Å². The van der Waals surface area contributed by atoms with E-state index < -0.39 is 15.8 Å². The summed E-state index contributed by atoms with van der Waals surface area (Å²) in [5.74, 6) is 0.256. The first-order valence-electron chi connectivity index (χ1n) is 12.2. The Bertz CT molecular complexity index is 1240. The molecule has 8 nitrogen and oxygen atoms in total. The van der Waals surface area contributed by atoms with Gasteiger partial charge in [0.15, 0.2) is 9.84 Å². The van der Waals surface area contributed by atoms with Gasteiger partial charge in [-0.25, -0.2) is 13.4 Å². The third kappa shape index (κ3) is 5.19. The van der Waals surface area contributed by atoms with Gasteiger partial charge in [0.05, 0.1) is 16.4 Å². The number of rotatable bonds is 6. The zero-order chi connectivity index (χ0) is 25.3. The van der Waals surface area contributed by atoms with Crippen LogP contribution in [0.5, 0.6) is 0 Å². The van der Waals surface area contributed by atoms with E-state index in [0.29, 0.717) is 38.3 Å². The Hall–Kier alpha value is -2.94. The van der Waals surface area contributed by atoms with Crippen LogP contribution in [0.1, 0.15) is 52.7 Å². The van der Waals surface area contributed by atoms with Crippen molar-refractivity contribution in [2.75, 3.05) is 43.9 Å². The lowest BCUT2D eigenvalue weighted by Gasteiger charge is -2.36. The highest BCUT2D eigenvalue weighted by molar-refractivity contribution is 7.90. The quantitative estimate of drug-likeness (QED) is 0.657. The smallest absolute Gasteiger partial charge is 0.255 e. The first kappa shape index (κ1) is 25.2. The zero-order valence-electron chi connectivity index (χ0n) is 20.9. The summed E-state index contributed by atoms with van der Waals surface area (Å²) in [6.45, 7) is 8.89. The van der Waals surface area contributed by atoms with Gasteiger partial charge >= 0.3 is 0 Å². The van der Waals surface area contributed by atoms with Gasteiger partial charge in [-0.2, -0.15) is 0 Å². The van der Waals surface area contributed by atoms with E-state index in [9.17, 15) is 18.0 Å². The average molecular weight is 499 g/mol. The number of hydrogen-bond acceptors (Lipinski definition) is 6. The molecule has 9 heteroatoms. The summed E-state index contributed by atoms with van der Waals surface area (Å²) in [6.07, 6.45) is 4.77. The summed E-state index contributed by atoms with van der Waals surface area (Å²) in [5.41, 5.74) is 3.02. The van der Waals surface area contributed by atoms with Crippen LogP contribution in [-0.2, 0) is 14.6 Å². The van der Waals surface area contributed by atoms with Crippen LogP contribution in [-0.4, -0.2) is 69.1 Å². The van der Waals surface area contributed by atoms with Crippen LogP contribution in [0.2, 0.25) is 0 Å². The first-order valence-corrected chi connectivity index (χ1v) is 14.1. The summed E-state index contributed by atoms with van der Waals surface area (Å²) in [4.78, 5) is 34.4. The monoisotopic (exact) mass is 498 g/mol. The molecule has 2 atom stereocenters. The number of hydrogen-bond donors (Lipinski definition) is 1. The highest BCUT2D eigenvalue weighted by Gasteiger charge is 2.36. The third-order valence-corrected chi connectivity index (χ3v) is 8.14. The Morgan fingerprint density at radius 1 is 1.14 bits per heavy atom. The predicted molar refractivity (Wildman–Crippen MR) is 136 cm³/mol. The number of amides is 2. The van der Waals surface area contributed by atoms with Crippen molar-refractivity contribution in [3.8, 4) is 0 Å². The van der Waals surface area contributed by atoms with Crippen LogP contribution in [0, 0.1) is 19.8 Å². The standard InChI is InChI=1S/C26H34N4O4S/c1-5-6-20-16-28-25(31)23(20)19-7-8-21(22(14-19)35(4,33)34)26(32)30-11-9-29(10-12-30)24-18(3)13-17(2)15-27-24/h7-8,13-15,20,23H,5-6,9-12,16H2,1-4H3,(H,28,31)/t20?,23-/m0/s1. The molecule has 2 aliphatic rings. The molecule has 1 aromatic heterocycles. The molecule has 0 saturated carbocycles. The van der Waals surface area contributed by atoms with Crippen molar-refractivity contribution in [1.82, 2.24) is 15.2 Å². The van der Waals surface area contributed by atoms with E-state index in [-0.39, 0.29) is 28.2 Å². The maximum absolute atomic E-state index is 13.4. The summed E-state index contributed by atoms with van der Waals surface area (Å²) >= 11 is 0. The van der Waals surface area contributed by atoms with E-state index in [1.165, 1.54) is 6.07 Å². The molecule has 1 N–H and O–H groups in total. The second-order valence-electron chi connectivity index (χ2n) is 9.73. The number of aromatic nitrogens is 1. The molecular weight excluding hydrogens is 464 g/mol. The predicted octanol–water partition coefficient (Wildman–Crippen LogP) is 2.69. The minimum absolute atomic E-state index is 0.00609. The van der Waals surface area contributed by atoms with Gasteiger partial charge in [-0.05, 0) is 55.0 Å². The number of aryl methyl sites for hydroxylation is 2. The molecule has 2 aromatic rings.